The number of amides is 1. The van der Waals surface area contributed by atoms with Gasteiger partial charge >= 0.3 is 0 Å². The minimum atomic E-state index is 0.195. The third-order valence-corrected chi connectivity index (χ3v) is 3.81. The zero-order valence-electron chi connectivity index (χ0n) is 10.2. The topological polar surface area (TPSA) is 41.6 Å². The highest BCUT2D eigenvalue weighted by Crippen LogP contribution is 2.07. The van der Waals surface area contributed by atoms with Crippen molar-refractivity contribution < 1.29 is 9.53 Å². The lowest BCUT2D eigenvalue weighted by Crippen LogP contribution is -2.44. The Kier molecular flexibility index (Phi) is 6.84. The number of nitrogens with one attached hydrogen (secondary N) is 1. The third-order valence-electron chi connectivity index (χ3n) is 2.77. The normalized spacial score (nSPS) is 18.5. The van der Waals surface area contributed by atoms with Crippen molar-refractivity contribution in [2.45, 2.75) is 18.6 Å². The van der Waals surface area contributed by atoms with E-state index in [1.165, 1.54) is 0 Å². The van der Waals surface area contributed by atoms with E-state index in [1.807, 2.05) is 16.7 Å². The average molecular weight is 246 g/mol. The molecule has 1 heterocycles. The van der Waals surface area contributed by atoms with Gasteiger partial charge in [-0.3, -0.25) is 4.79 Å². The lowest BCUT2D eigenvalue weighted by molar-refractivity contribution is -0.134. The molecule has 0 aromatic carbocycles. The summed E-state index contributed by atoms with van der Waals surface area (Å²) in [6.07, 6.45) is 3.22. The van der Waals surface area contributed by atoms with Crippen LogP contribution in [0, 0.1) is 0 Å². The summed E-state index contributed by atoms with van der Waals surface area (Å²) >= 11 is 1.86. The van der Waals surface area contributed by atoms with E-state index < -0.39 is 0 Å². The van der Waals surface area contributed by atoms with Crippen LogP contribution in [0.15, 0.2) is 0 Å². The van der Waals surface area contributed by atoms with Crippen molar-refractivity contribution in [2.24, 2.45) is 0 Å². The van der Waals surface area contributed by atoms with Crippen LogP contribution in [-0.4, -0.2) is 61.7 Å². The van der Waals surface area contributed by atoms with Crippen LogP contribution in [0.25, 0.3) is 0 Å². The zero-order valence-corrected chi connectivity index (χ0v) is 11.0. The highest BCUT2D eigenvalue weighted by atomic mass is 32.2. The summed E-state index contributed by atoms with van der Waals surface area (Å²) in [6.45, 7) is 6.41. The van der Waals surface area contributed by atoms with E-state index >= 15 is 0 Å². The minimum Gasteiger partial charge on any atom is -0.378 e. The summed E-state index contributed by atoms with van der Waals surface area (Å²) < 4.78 is 5.20. The largest absolute Gasteiger partial charge is 0.378 e. The molecule has 1 aliphatic rings. The second-order valence-electron chi connectivity index (χ2n) is 4.00. The second kappa shape index (κ2) is 7.92. The van der Waals surface area contributed by atoms with E-state index in [0.717, 1.165) is 26.1 Å². The average Bonchev–Trinajstić information content (AvgIpc) is 2.35. The van der Waals surface area contributed by atoms with Crippen LogP contribution in [0.5, 0.6) is 0 Å². The number of hydrogen-bond donors (Lipinski definition) is 1. The number of morpholine rings is 1. The standard InChI is InChI=1S/C11H22N2O2S/c1-10(16-2)3-4-12-9-11(14)13-5-7-15-8-6-13/h10,12H,3-9H2,1-2H3. The molecule has 0 radical (unpaired) electrons. The minimum absolute atomic E-state index is 0.195. The molecule has 1 unspecified atom stereocenters. The van der Waals surface area contributed by atoms with Crippen molar-refractivity contribution in [3.05, 3.63) is 0 Å². The molecule has 1 aliphatic heterocycles. The van der Waals surface area contributed by atoms with Gasteiger partial charge in [-0.2, -0.15) is 11.8 Å². The van der Waals surface area contributed by atoms with Gasteiger partial charge in [0.05, 0.1) is 19.8 Å². The van der Waals surface area contributed by atoms with Gasteiger partial charge in [-0.05, 0) is 19.2 Å². The fourth-order valence-electron chi connectivity index (χ4n) is 1.54. The summed E-state index contributed by atoms with van der Waals surface area (Å²) in [5, 5.41) is 3.86. The molecule has 1 atom stereocenters. The molecular formula is C11H22N2O2S. The SMILES string of the molecule is CSC(C)CCNCC(=O)N1CCOCC1. The van der Waals surface area contributed by atoms with Crippen LogP contribution in [0.4, 0.5) is 0 Å². The summed E-state index contributed by atoms with van der Waals surface area (Å²) in [5.41, 5.74) is 0. The van der Waals surface area contributed by atoms with Gasteiger partial charge in [-0.25, -0.2) is 0 Å². The molecule has 0 saturated carbocycles. The van der Waals surface area contributed by atoms with E-state index in [4.69, 9.17) is 4.74 Å². The van der Waals surface area contributed by atoms with Crippen LogP contribution in [-0.2, 0) is 9.53 Å². The molecule has 0 aliphatic carbocycles. The fraction of sp³-hybridized carbons (Fsp3) is 0.909. The van der Waals surface area contributed by atoms with Gasteiger partial charge in [0.1, 0.15) is 0 Å². The van der Waals surface area contributed by atoms with E-state index in [1.54, 1.807) is 0 Å². The van der Waals surface area contributed by atoms with Gasteiger partial charge in [0.25, 0.3) is 0 Å². The molecule has 0 aromatic rings. The molecule has 4 nitrogen and oxygen atoms in total. The number of carbonyl (C=O) groups excluding carboxylic acids is 1. The first-order chi connectivity index (χ1) is 7.74. The first-order valence-corrected chi connectivity index (χ1v) is 7.12. The Hall–Kier alpha value is -0.260. The van der Waals surface area contributed by atoms with Crippen molar-refractivity contribution >= 4 is 17.7 Å². The number of nitrogens with zero attached hydrogens (tertiary/aromatic N) is 1. The molecule has 1 fully saturated rings. The molecule has 94 valence electrons. The number of carbonyl (C=O) groups is 1. The molecule has 1 amide bonds. The maximum atomic E-state index is 11.7. The number of hydrogen-bond acceptors (Lipinski definition) is 4. The molecule has 1 saturated heterocycles. The van der Waals surface area contributed by atoms with E-state index in [-0.39, 0.29) is 5.91 Å². The molecule has 0 aromatic heterocycles. The van der Waals surface area contributed by atoms with Crippen molar-refractivity contribution in [3.8, 4) is 0 Å². The van der Waals surface area contributed by atoms with Crippen LogP contribution in [0.3, 0.4) is 0 Å². The smallest absolute Gasteiger partial charge is 0.236 e. The van der Waals surface area contributed by atoms with Crippen LogP contribution < -0.4 is 5.32 Å². The zero-order chi connectivity index (χ0) is 11.8. The maximum absolute atomic E-state index is 11.7. The highest BCUT2D eigenvalue weighted by molar-refractivity contribution is 7.99. The van der Waals surface area contributed by atoms with Crippen LogP contribution in [0.2, 0.25) is 0 Å². The molecular weight excluding hydrogens is 224 g/mol. The van der Waals surface area contributed by atoms with E-state index in [2.05, 4.69) is 18.5 Å². The Morgan fingerprint density at radius 2 is 2.19 bits per heavy atom. The molecule has 16 heavy (non-hydrogen) atoms. The van der Waals surface area contributed by atoms with Gasteiger partial charge in [0.2, 0.25) is 5.91 Å². The third kappa shape index (κ3) is 5.18. The Morgan fingerprint density at radius 3 is 2.81 bits per heavy atom. The Bertz CT molecular complexity index is 208. The first-order valence-electron chi connectivity index (χ1n) is 5.83. The molecule has 5 heteroatoms. The van der Waals surface area contributed by atoms with Crippen LogP contribution in [0.1, 0.15) is 13.3 Å². The lowest BCUT2D eigenvalue weighted by Gasteiger charge is -2.27. The van der Waals surface area contributed by atoms with E-state index in [0.29, 0.717) is 25.0 Å². The summed E-state index contributed by atoms with van der Waals surface area (Å²) in [7, 11) is 0. The van der Waals surface area contributed by atoms with Gasteiger partial charge in [0.15, 0.2) is 0 Å². The predicted molar refractivity (Wildman–Crippen MR) is 67.9 cm³/mol. The highest BCUT2D eigenvalue weighted by Gasteiger charge is 2.15. The second-order valence-corrected chi connectivity index (χ2v) is 5.28. The van der Waals surface area contributed by atoms with Crippen molar-refractivity contribution in [1.29, 1.82) is 0 Å². The van der Waals surface area contributed by atoms with Crippen molar-refractivity contribution in [3.63, 3.8) is 0 Å². The van der Waals surface area contributed by atoms with E-state index in [9.17, 15) is 4.79 Å². The molecule has 1 rings (SSSR count). The van der Waals surface area contributed by atoms with Crippen molar-refractivity contribution in [1.82, 2.24) is 10.2 Å². The summed E-state index contributed by atoms with van der Waals surface area (Å²) in [6, 6.07) is 0. The monoisotopic (exact) mass is 246 g/mol. The quantitative estimate of drug-likeness (QED) is 0.696. The Morgan fingerprint density at radius 1 is 1.50 bits per heavy atom. The van der Waals surface area contributed by atoms with Crippen molar-refractivity contribution in [2.75, 3.05) is 45.6 Å². The van der Waals surface area contributed by atoms with Gasteiger partial charge in [-0.15, -0.1) is 0 Å². The molecule has 1 N–H and O–H groups in total. The number of ether oxygens (including phenoxy) is 1. The first kappa shape index (κ1) is 13.8. The number of thioether (sulfide) groups is 1. The van der Waals surface area contributed by atoms with Gasteiger partial charge in [-0.1, -0.05) is 6.92 Å². The Balaban J connectivity index is 2.05. The predicted octanol–water partition coefficient (Wildman–Crippen LogP) is 0.576. The Labute approximate surface area is 102 Å². The van der Waals surface area contributed by atoms with Gasteiger partial charge < -0.3 is 15.0 Å². The lowest BCUT2D eigenvalue weighted by atomic mass is 10.3. The van der Waals surface area contributed by atoms with Crippen LogP contribution >= 0.6 is 11.8 Å². The number of rotatable bonds is 6. The fourth-order valence-corrected chi connectivity index (χ4v) is 1.90. The summed E-state index contributed by atoms with van der Waals surface area (Å²) in [5.74, 6) is 0.195. The molecule has 0 spiro atoms. The molecule has 0 bridgehead atoms. The maximum Gasteiger partial charge on any atom is 0.236 e. The van der Waals surface area contributed by atoms with Gasteiger partial charge in [0, 0.05) is 18.3 Å². The summed E-state index contributed by atoms with van der Waals surface area (Å²) in [4.78, 5) is 13.6.